The zero-order valence-corrected chi connectivity index (χ0v) is 10.6. The minimum absolute atomic E-state index is 0.152. The molecule has 0 N–H and O–H groups in total. The predicted octanol–water partition coefficient (Wildman–Crippen LogP) is 2.63. The van der Waals surface area contributed by atoms with Crippen molar-refractivity contribution in [3.8, 4) is 0 Å². The number of carbonyl (C=O) groups excluding carboxylic acids is 1. The second-order valence-corrected chi connectivity index (χ2v) is 5.34. The van der Waals surface area contributed by atoms with Gasteiger partial charge in [-0.15, -0.1) is 0 Å². The highest BCUT2D eigenvalue weighted by molar-refractivity contribution is 5.69. The van der Waals surface area contributed by atoms with E-state index in [1.54, 1.807) is 27.8 Å². The van der Waals surface area contributed by atoms with Crippen LogP contribution in [0, 0.1) is 0 Å². The summed E-state index contributed by atoms with van der Waals surface area (Å²) in [6.07, 6.45) is 0.818. The van der Waals surface area contributed by atoms with Gasteiger partial charge in [0, 0.05) is 7.05 Å². The summed E-state index contributed by atoms with van der Waals surface area (Å²) in [5.41, 5.74) is -1.20. The third-order valence-electron chi connectivity index (χ3n) is 2.68. The highest BCUT2D eigenvalue weighted by atomic mass is 19.3. The van der Waals surface area contributed by atoms with Crippen molar-refractivity contribution in [2.24, 2.45) is 0 Å². The van der Waals surface area contributed by atoms with E-state index in [1.165, 1.54) is 4.90 Å². The van der Waals surface area contributed by atoms with E-state index in [0.29, 0.717) is 12.8 Å². The summed E-state index contributed by atoms with van der Waals surface area (Å²) >= 11 is 0. The molecule has 0 atom stereocenters. The molecular weight excluding hydrogens is 232 g/mol. The summed E-state index contributed by atoms with van der Waals surface area (Å²) in [5, 5.41) is 0. The van der Waals surface area contributed by atoms with Gasteiger partial charge in [-0.1, -0.05) is 0 Å². The van der Waals surface area contributed by atoms with Crippen molar-refractivity contribution in [3.63, 3.8) is 0 Å². The first kappa shape index (κ1) is 14.2. The normalized spacial score (nSPS) is 18.1. The van der Waals surface area contributed by atoms with Crippen LogP contribution in [0.4, 0.5) is 13.6 Å². The molecule has 1 aliphatic carbocycles. The molecule has 0 radical (unpaired) electrons. The zero-order chi connectivity index (χ0) is 13.3. The van der Waals surface area contributed by atoms with Gasteiger partial charge < -0.3 is 14.4 Å². The fourth-order valence-corrected chi connectivity index (χ4v) is 1.46. The first-order chi connectivity index (χ1) is 7.66. The lowest BCUT2D eigenvalue weighted by atomic mass is 10.2. The number of halogens is 2. The van der Waals surface area contributed by atoms with Gasteiger partial charge in [0.05, 0.1) is 12.1 Å². The SMILES string of the molecule is CN(C(=O)OC(C)(C)C)C1(COC(F)F)CC1. The Morgan fingerprint density at radius 2 is 1.94 bits per heavy atom. The maximum atomic E-state index is 12.0. The van der Waals surface area contributed by atoms with Crippen molar-refractivity contribution < 1.29 is 23.0 Å². The van der Waals surface area contributed by atoms with Gasteiger partial charge in [0.1, 0.15) is 5.60 Å². The zero-order valence-electron chi connectivity index (χ0n) is 10.6. The molecule has 0 aliphatic heterocycles. The molecule has 0 saturated heterocycles. The minimum atomic E-state index is -2.81. The van der Waals surface area contributed by atoms with Crippen LogP contribution in [-0.2, 0) is 9.47 Å². The lowest BCUT2D eigenvalue weighted by Crippen LogP contribution is -2.45. The number of alkyl halides is 2. The minimum Gasteiger partial charge on any atom is -0.444 e. The molecule has 17 heavy (non-hydrogen) atoms. The van der Waals surface area contributed by atoms with Crippen molar-refractivity contribution in [3.05, 3.63) is 0 Å². The van der Waals surface area contributed by atoms with Gasteiger partial charge in [-0.2, -0.15) is 8.78 Å². The summed E-state index contributed by atoms with van der Waals surface area (Å²) in [5.74, 6) is 0. The summed E-state index contributed by atoms with van der Waals surface area (Å²) < 4.78 is 33.4. The van der Waals surface area contributed by atoms with Crippen LogP contribution in [0.15, 0.2) is 0 Å². The van der Waals surface area contributed by atoms with Crippen LogP contribution < -0.4 is 0 Å². The molecular formula is C11H19F2NO3. The Hall–Kier alpha value is -0.910. The van der Waals surface area contributed by atoms with Gasteiger partial charge >= 0.3 is 12.7 Å². The van der Waals surface area contributed by atoms with Gasteiger partial charge in [0.15, 0.2) is 0 Å². The van der Waals surface area contributed by atoms with Gasteiger partial charge in [-0.25, -0.2) is 4.79 Å². The van der Waals surface area contributed by atoms with Gasteiger partial charge in [-0.05, 0) is 33.6 Å². The highest BCUT2D eigenvalue weighted by Crippen LogP contribution is 2.42. The van der Waals surface area contributed by atoms with Crippen LogP contribution in [0.5, 0.6) is 0 Å². The van der Waals surface area contributed by atoms with E-state index in [1.807, 2.05) is 0 Å². The highest BCUT2D eigenvalue weighted by Gasteiger charge is 2.50. The maximum Gasteiger partial charge on any atom is 0.410 e. The molecule has 1 aliphatic rings. The van der Waals surface area contributed by atoms with Crippen LogP contribution in [0.25, 0.3) is 0 Å². The number of ether oxygens (including phenoxy) is 2. The molecule has 4 nitrogen and oxygen atoms in total. The molecule has 0 bridgehead atoms. The number of hydrogen-bond acceptors (Lipinski definition) is 3. The number of rotatable bonds is 4. The van der Waals surface area contributed by atoms with E-state index in [2.05, 4.69) is 4.74 Å². The molecule has 1 amide bonds. The molecule has 0 heterocycles. The Labute approximate surface area is 99.9 Å². The van der Waals surface area contributed by atoms with Crippen molar-refractivity contribution >= 4 is 6.09 Å². The van der Waals surface area contributed by atoms with Crippen LogP contribution >= 0.6 is 0 Å². The summed E-state index contributed by atoms with van der Waals surface area (Å²) in [6, 6.07) is 0. The lowest BCUT2D eigenvalue weighted by Gasteiger charge is -2.30. The quantitative estimate of drug-likeness (QED) is 0.771. The average Bonchev–Trinajstić information content (AvgIpc) is 2.91. The van der Waals surface area contributed by atoms with Gasteiger partial charge in [0.25, 0.3) is 0 Å². The Morgan fingerprint density at radius 3 is 2.29 bits per heavy atom. The number of likely N-dealkylation sites (N-methyl/N-ethyl adjacent to an activating group) is 1. The Bertz CT molecular complexity index is 285. The van der Waals surface area contributed by atoms with E-state index in [9.17, 15) is 13.6 Å². The number of carbonyl (C=O) groups is 1. The van der Waals surface area contributed by atoms with Crippen LogP contribution in [0.2, 0.25) is 0 Å². The smallest absolute Gasteiger partial charge is 0.410 e. The summed E-state index contributed by atoms with van der Waals surface area (Å²) in [4.78, 5) is 13.1. The second-order valence-electron chi connectivity index (χ2n) is 5.34. The largest absolute Gasteiger partial charge is 0.444 e. The van der Waals surface area contributed by atoms with Crippen LogP contribution in [0.1, 0.15) is 33.6 Å². The standard InChI is InChI=1S/C11H19F2NO3/c1-10(2,3)17-9(15)14(4)11(5-6-11)7-16-8(12)13/h8H,5-7H2,1-4H3. The van der Waals surface area contributed by atoms with Crippen LogP contribution in [-0.4, -0.2) is 42.4 Å². The van der Waals surface area contributed by atoms with E-state index >= 15 is 0 Å². The molecule has 1 fully saturated rings. The summed E-state index contributed by atoms with van der Waals surface area (Å²) in [7, 11) is 1.55. The van der Waals surface area contributed by atoms with E-state index in [4.69, 9.17) is 4.74 Å². The third-order valence-corrected chi connectivity index (χ3v) is 2.68. The van der Waals surface area contributed by atoms with Crippen molar-refractivity contribution in [2.75, 3.05) is 13.7 Å². The van der Waals surface area contributed by atoms with Crippen molar-refractivity contribution in [1.82, 2.24) is 4.90 Å². The van der Waals surface area contributed by atoms with Crippen molar-refractivity contribution in [2.45, 2.75) is 51.4 Å². The Morgan fingerprint density at radius 1 is 1.41 bits per heavy atom. The first-order valence-electron chi connectivity index (χ1n) is 5.53. The molecule has 0 unspecified atom stereocenters. The molecule has 0 aromatic rings. The van der Waals surface area contributed by atoms with Gasteiger partial charge in [-0.3, -0.25) is 0 Å². The maximum absolute atomic E-state index is 12.0. The fraction of sp³-hybridized carbons (Fsp3) is 0.909. The van der Waals surface area contributed by atoms with Gasteiger partial charge in [0.2, 0.25) is 0 Å². The van der Waals surface area contributed by atoms with E-state index in [0.717, 1.165) is 0 Å². The predicted molar refractivity (Wildman–Crippen MR) is 57.9 cm³/mol. The molecule has 6 heteroatoms. The second kappa shape index (κ2) is 4.76. The average molecular weight is 251 g/mol. The first-order valence-corrected chi connectivity index (χ1v) is 5.53. The molecule has 100 valence electrons. The Balaban J connectivity index is 2.51. The topological polar surface area (TPSA) is 38.8 Å². The molecule has 1 saturated carbocycles. The Kier molecular flexibility index (Phi) is 3.96. The lowest BCUT2D eigenvalue weighted by molar-refractivity contribution is -0.143. The summed E-state index contributed by atoms with van der Waals surface area (Å²) in [6.45, 7) is 2.32. The molecule has 1 rings (SSSR count). The monoisotopic (exact) mass is 251 g/mol. The molecule has 0 aromatic heterocycles. The number of amides is 1. The van der Waals surface area contributed by atoms with E-state index in [-0.39, 0.29) is 6.61 Å². The van der Waals surface area contributed by atoms with E-state index < -0.39 is 23.8 Å². The van der Waals surface area contributed by atoms with Crippen molar-refractivity contribution in [1.29, 1.82) is 0 Å². The number of nitrogens with zero attached hydrogens (tertiary/aromatic N) is 1. The molecule has 0 spiro atoms. The third kappa shape index (κ3) is 4.11. The van der Waals surface area contributed by atoms with Crippen LogP contribution in [0.3, 0.4) is 0 Å². The number of hydrogen-bond donors (Lipinski definition) is 0. The fourth-order valence-electron chi connectivity index (χ4n) is 1.46. The molecule has 0 aromatic carbocycles.